The number of hydrogen-bond donors (Lipinski definition) is 0. The Kier molecular flexibility index (Phi) is 6.09. The zero-order valence-electron chi connectivity index (χ0n) is 18.4. The summed E-state index contributed by atoms with van der Waals surface area (Å²) in [6, 6.07) is 7.26. The van der Waals surface area contributed by atoms with Crippen LogP contribution in [-0.4, -0.2) is 69.8 Å². The SMILES string of the molecule is CC1CN(C(=O)C2CCN(C(=O)Cc3nn(C)c(=O)c4ccccc34)CC2)CC(C)O1. The van der Waals surface area contributed by atoms with Gasteiger partial charge in [0, 0.05) is 44.5 Å². The average Bonchev–Trinajstić information content (AvgIpc) is 2.76. The van der Waals surface area contributed by atoms with E-state index in [0.717, 1.165) is 5.39 Å². The van der Waals surface area contributed by atoms with E-state index in [1.807, 2.05) is 41.8 Å². The molecule has 0 radical (unpaired) electrons. The Morgan fingerprint density at radius 2 is 1.65 bits per heavy atom. The van der Waals surface area contributed by atoms with E-state index in [9.17, 15) is 14.4 Å². The van der Waals surface area contributed by atoms with Crippen LogP contribution >= 0.6 is 0 Å². The van der Waals surface area contributed by atoms with Crippen molar-refractivity contribution in [3.63, 3.8) is 0 Å². The molecule has 166 valence electrons. The zero-order chi connectivity index (χ0) is 22.1. The predicted molar refractivity (Wildman–Crippen MR) is 117 cm³/mol. The highest BCUT2D eigenvalue weighted by Crippen LogP contribution is 2.23. The van der Waals surface area contributed by atoms with Gasteiger partial charge in [-0.05, 0) is 32.8 Å². The van der Waals surface area contributed by atoms with Crippen LogP contribution in [0, 0.1) is 5.92 Å². The van der Waals surface area contributed by atoms with Crippen molar-refractivity contribution in [1.29, 1.82) is 0 Å². The molecule has 2 aliphatic rings. The lowest BCUT2D eigenvalue weighted by Crippen LogP contribution is -2.52. The van der Waals surface area contributed by atoms with Crippen molar-refractivity contribution in [3.8, 4) is 0 Å². The molecule has 1 aromatic heterocycles. The highest BCUT2D eigenvalue weighted by molar-refractivity contribution is 5.88. The Labute approximate surface area is 181 Å². The van der Waals surface area contributed by atoms with Crippen LogP contribution in [-0.2, 0) is 27.8 Å². The maximum atomic E-state index is 13.0. The number of piperidine rings is 1. The molecule has 0 N–H and O–H groups in total. The van der Waals surface area contributed by atoms with Crippen LogP contribution in [0.2, 0.25) is 0 Å². The fourth-order valence-electron chi connectivity index (χ4n) is 4.75. The van der Waals surface area contributed by atoms with Gasteiger partial charge in [-0.2, -0.15) is 5.10 Å². The monoisotopic (exact) mass is 426 g/mol. The van der Waals surface area contributed by atoms with Crippen LogP contribution in [0.25, 0.3) is 10.8 Å². The minimum absolute atomic E-state index is 0.0178. The maximum Gasteiger partial charge on any atom is 0.274 e. The first kappa shape index (κ1) is 21.5. The lowest BCUT2D eigenvalue weighted by Gasteiger charge is -2.39. The summed E-state index contributed by atoms with van der Waals surface area (Å²) in [5.74, 6) is 0.119. The fraction of sp³-hybridized carbons (Fsp3) is 0.565. The van der Waals surface area contributed by atoms with Gasteiger partial charge in [0.1, 0.15) is 0 Å². The van der Waals surface area contributed by atoms with E-state index >= 15 is 0 Å². The minimum Gasteiger partial charge on any atom is -0.372 e. The summed E-state index contributed by atoms with van der Waals surface area (Å²) in [5.41, 5.74) is 0.440. The van der Waals surface area contributed by atoms with Gasteiger partial charge in [-0.1, -0.05) is 18.2 Å². The van der Waals surface area contributed by atoms with E-state index in [1.165, 1.54) is 4.68 Å². The average molecular weight is 427 g/mol. The number of amides is 2. The second-order valence-electron chi connectivity index (χ2n) is 8.75. The van der Waals surface area contributed by atoms with Crippen LogP contribution in [0.1, 0.15) is 32.4 Å². The molecule has 0 spiro atoms. The smallest absolute Gasteiger partial charge is 0.274 e. The summed E-state index contributed by atoms with van der Waals surface area (Å²) in [6.45, 7) is 6.38. The van der Waals surface area contributed by atoms with Gasteiger partial charge in [0.05, 0.1) is 29.7 Å². The summed E-state index contributed by atoms with van der Waals surface area (Å²) in [7, 11) is 1.60. The number of aryl methyl sites for hydroxylation is 1. The minimum atomic E-state index is -0.169. The molecule has 0 bridgehead atoms. The predicted octanol–water partition coefficient (Wildman–Crippen LogP) is 1.35. The quantitative estimate of drug-likeness (QED) is 0.740. The molecule has 2 fully saturated rings. The lowest BCUT2D eigenvalue weighted by atomic mass is 9.94. The summed E-state index contributed by atoms with van der Waals surface area (Å²) in [4.78, 5) is 41.9. The second kappa shape index (κ2) is 8.78. The largest absolute Gasteiger partial charge is 0.372 e. The molecule has 2 aliphatic heterocycles. The number of hydrogen-bond acceptors (Lipinski definition) is 5. The fourth-order valence-corrected chi connectivity index (χ4v) is 4.75. The topological polar surface area (TPSA) is 84.7 Å². The molecular formula is C23H30N4O4. The van der Waals surface area contributed by atoms with Gasteiger partial charge < -0.3 is 14.5 Å². The Hall–Kier alpha value is -2.74. The third-order valence-corrected chi connectivity index (χ3v) is 6.28. The summed E-state index contributed by atoms with van der Waals surface area (Å²) in [6.07, 6.45) is 1.60. The Balaban J connectivity index is 1.39. The van der Waals surface area contributed by atoms with Crippen molar-refractivity contribution in [2.45, 2.75) is 45.3 Å². The van der Waals surface area contributed by atoms with Crippen molar-refractivity contribution in [3.05, 3.63) is 40.3 Å². The first-order valence-corrected chi connectivity index (χ1v) is 11.0. The number of likely N-dealkylation sites (tertiary alicyclic amines) is 1. The normalized spacial score (nSPS) is 22.7. The molecule has 8 heteroatoms. The number of carbonyl (C=O) groups is 2. The molecule has 8 nitrogen and oxygen atoms in total. The Morgan fingerprint density at radius 3 is 2.29 bits per heavy atom. The van der Waals surface area contributed by atoms with Gasteiger partial charge in [0.15, 0.2) is 0 Å². The van der Waals surface area contributed by atoms with Crippen molar-refractivity contribution < 1.29 is 14.3 Å². The molecule has 3 heterocycles. The van der Waals surface area contributed by atoms with E-state index < -0.39 is 0 Å². The van der Waals surface area contributed by atoms with E-state index in [2.05, 4.69) is 5.10 Å². The van der Waals surface area contributed by atoms with E-state index in [1.54, 1.807) is 13.1 Å². The van der Waals surface area contributed by atoms with Crippen molar-refractivity contribution in [1.82, 2.24) is 19.6 Å². The number of morpholine rings is 1. The number of ether oxygens (including phenoxy) is 1. The lowest BCUT2D eigenvalue weighted by molar-refractivity contribution is -0.150. The van der Waals surface area contributed by atoms with E-state index in [0.29, 0.717) is 50.1 Å². The number of benzene rings is 1. The van der Waals surface area contributed by atoms with Crippen molar-refractivity contribution >= 4 is 22.6 Å². The standard InChI is InChI=1S/C23H30N4O4/c1-15-13-27(14-16(2)31-15)22(29)17-8-10-26(11-9-17)21(28)12-20-18-6-4-5-7-19(18)23(30)25(3)24-20/h4-7,15-17H,8-14H2,1-3H3. The molecule has 2 saturated heterocycles. The molecule has 2 amide bonds. The van der Waals surface area contributed by atoms with Crippen LogP contribution < -0.4 is 5.56 Å². The van der Waals surface area contributed by atoms with Crippen LogP contribution in [0.3, 0.4) is 0 Å². The number of carbonyl (C=O) groups excluding carboxylic acids is 2. The molecule has 2 unspecified atom stereocenters. The summed E-state index contributed by atoms with van der Waals surface area (Å²) < 4.78 is 7.02. The van der Waals surface area contributed by atoms with E-state index in [4.69, 9.17) is 4.74 Å². The molecule has 1 aromatic carbocycles. The van der Waals surface area contributed by atoms with Crippen LogP contribution in [0.5, 0.6) is 0 Å². The third kappa shape index (κ3) is 4.49. The van der Waals surface area contributed by atoms with Gasteiger partial charge in [0.2, 0.25) is 11.8 Å². The summed E-state index contributed by atoms with van der Waals surface area (Å²) >= 11 is 0. The van der Waals surface area contributed by atoms with Gasteiger partial charge in [-0.3, -0.25) is 14.4 Å². The van der Waals surface area contributed by atoms with Crippen LogP contribution in [0.15, 0.2) is 29.1 Å². The molecule has 4 rings (SSSR count). The van der Waals surface area contributed by atoms with Gasteiger partial charge in [-0.25, -0.2) is 4.68 Å². The molecule has 2 atom stereocenters. The third-order valence-electron chi connectivity index (χ3n) is 6.28. The Morgan fingerprint density at radius 1 is 1.03 bits per heavy atom. The second-order valence-corrected chi connectivity index (χ2v) is 8.75. The van der Waals surface area contributed by atoms with E-state index in [-0.39, 0.29) is 41.9 Å². The highest BCUT2D eigenvalue weighted by Gasteiger charge is 2.33. The molecule has 31 heavy (non-hydrogen) atoms. The summed E-state index contributed by atoms with van der Waals surface area (Å²) in [5, 5.41) is 5.63. The van der Waals surface area contributed by atoms with Gasteiger partial charge >= 0.3 is 0 Å². The Bertz CT molecular complexity index is 1030. The zero-order valence-corrected chi connectivity index (χ0v) is 18.4. The number of nitrogens with zero attached hydrogens (tertiary/aromatic N) is 4. The number of fused-ring (bicyclic) bond motifs is 1. The molecular weight excluding hydrogens is 396 g/mol. The first-order chi connectivity index (χ1) is 14.8. The van der Waals surface area contributed by atoms with Crippen molar-refractivity contribution in [2.75, 3.05) is 26.2 Å². The first-order valence-electron chi connectivity index (χ1n) is 11.0. The van der Waals surface area contributed by atoms with Gasteiger partial charge in [0.25, 0.3) is 5.56 Å². The van der Waals surface area contributed by atoms with Crippen LogP contribution in [0.4, 0.5) is 0 Å². The molecule has 2 aromatic rings. The number of aromatic nitrogens is 2. The molecule has 0 aliphatic carbocycles. The molecule has 0 saturated carbocycles. The van der Waals surface area contributed by atoms with Crippen molar-refractivity contribution in [2.24, 2.45) is 13.0 Å². The number of rotatable bonds is 3. The highest BCUT2D eigenvalue weighted by atomic mass is 16.5. The maximum absolute atomic E-state index is 13.0. The van der Waals surface area contributed by atoms with Gasteiger partial charge in [-0.15, -0.1) is 0 Å².